The number of thiazole rings is 1. The van der Waals surface area contributed by atoms with Crippen molar-refractivity contribution in [2.75, 3.05) is 38.5 Å². The molecule has 0 aliphatic rings. The number of halogens is 1. The third kappa shape index (κ3) is 13.6. The van der Waals surface area contributed by atoms with E-state index in [0.717, 1.165) is 16.9 Å². The fourth-order valence-electron chi connectivity index (χ4n) is 4.40. The molecule has 2 unspecified atom stereocenters. The van der Waals surface area contributed by atoms with Gasteiger partial charge in [-0.1, -0.05) is 52.9 Å². The highest BCUT2D eigenvalue weighted by molar-refractivity contribution is 14.1. The van der Waals surface area contributed by atoms with E-state index in [0.29, 0.717) is 22.7 Å². The minimum absolute atomic E-state index is 0.000211. The number of nitrogens with zero attached hydrogens (tertiary/aromatic N) is 1. The van der Waals surface area contributed by atoms with Crippen LogP contribution in [-0.4, -0.2) is 103 Å². The van der Waals surface area contributed by atoms with Gasteiger partial charge < -0.3 is 34.9 Å². The number of ether oxygens (including phenoxy) is 4. The van der Waals surface area contributed by atoms with Crippen LogP contribution < -0.4 is 16.0 Å². The molecule has 0 aliphatic carbocycles. The quantitative estimate of drug-likeness (QED) is 0.0726. The van der Waals surface area contributed by atoms with Crippen LogP contribution in [0, 0.1) is 6.92 Å². The van der Waals surface area contributed by atoms with E-state index in [1.54, 1.807) is 31.2 Å². The third-order valence-corrected chi connectivity index (χ3v) is 9.25. The molecule has 14 nitrogen and oxygen atoms in total. The van der Waals surface area contributed by atoms with Gasteiger partial charge in [-0.15, -0.1) is 11.3 Å². The number of carbonyl (C=O) groups excluding carboxylic acids is 6. The van der Waals surface area contributed by atoms with Gasteiger partial charge in [-0.3, -0.25) is 28.8 Å². The van der Waals surface area contributed by atoms with Crippen LogP contribution in [0.2, 0.25) is 0 Å². The number of nitrogens with one attached hydrogen (secondary N) is 3. The Labute approximate surface area is 297 Å². The molecular weight excluding hydrogens is 759 g/mol. The second kappa shape index (κ2) is 20.8. The Bertz CT molecular complexity index is 1390. The highest BCUT2D eigenvalue weighted by atomic mass is 127. The van der Waals surface area contributed by atoms with Gasteiger partial charge in [0.25, 0.3) is 5.91 Å². The zero-order chi connectivity index (χ0) is 35.7. The smallest absolute Gasteiger partial charge is 0.306 e. The molecule has 0 aliphatic heterocycles. The maximum atomic E-state index is 14.0. The molecule has 1 aromatic carbocycles. The SMILES string of the molecule is COC[C@H](NC(=O)c1cnc(C)s1)C(=O)N[C@@H](COC)C(=O)NC(Cc1ccccc1)C(=O)C(C)(CI)OC(=O)CCCCOC(C)=O. The van der Waals surface area contributed by atoms with Crippen molar-refractivity contribution in [2.45, 2.75) is 70.2 Å². The summed E-state index contributed by atoms with van der Waals surface area (Å²) in [5.41, 5.74) is -0.861. The Balaban J connectivity index is 2.22. The summed E-state index contributed by atoms with van der Waals surface area (Å²) in [4.78, 5) is 81.8. The first-order valence-electron chi connectivity index (χ1n) is 15.1. The van der Waals surface area contributed by atoms with Crippen molar-refractivity contribution < 1.29 is 47.7 Å². The highest BCUT2D eigenvalue weighted by Gasteiger charge is 2.42. The number of carbonyl (C=O) groups is 6. The van der Waals surface area contributed by atoms with Gasteiger partial charge in [0.2, 0.25) is 11.8 Å². The average molecular weight is 803 g/mol. The van der Waals surface area contributed by atoms with Crippen LogP contribution in [0.4, 0.5) is 0 Å². The number of esters is 2. The van der Waals surface area contributed by atoms with Crippen LogP contribution in [0.1, 0.15) is 53.4 Å². The molecule has 1 aromatic heterocycles. The minimum Gasteiger partial charge on any atom is -0.466 e. The molecule has 0 spiro atoms. The second-order valence-corrected chi connectivity index (χ2v) is 13.0. The Morgan fingerprint density at radius 2 is 1.52 bits per heavy atom. The zero-order valence-electron chi connectivity index (χ0n) is 27.7. The van der Waals surface area contributed by atoms with E-state index < -0.39 is 59.2 Å². The lowest BCUT2D eigenvalue weighted by Gasteiger charge is -2.31. The van der Waals surface area contributed by atoms with Crippen molar-refractivity contribution in [3.05, 3.63) is 52.0 Å². The minimum atomic E-state index is -1.59. The van der Waals surface area contributed by atoms with Crippen molar-refractivity contribution in [3.63, 3.8) is 0 Å². The number of hydrogen-bond donors (Lipinski definition) is 3. The van der Waals surface area contributed by atoms with Gasteiger partial charge in [0, 0.05) is 32.0 Å². The van der Waals surface area contributed by atoms with Crippen molar-refractivity contribution in [1.82, 2.24) is 20.9 Å². The van der Waals surface area contributed by atoms with Gasteiger partial charge in [0.1, 0.15) is 17.0 Å². The molecule has 2 rings (SSSR count). The monoisotopic (exact) mass is 802 g/mol. The Hall–Kier alpha value is -3.48. The number of amides is 3. The molecule has 0 bridgehead atoms. The first-order valence-corrected chi connectivity index (χ1v) is 17.5. The largest absolute Gasteiger partial charge is 0.466 e. The van der Waals surface area contributed by atoms with Crippen LogP contribution >= 0.6 is 33.9 Å². The molecule has 48 heavy (non-hydrogen) atoms. The summed E-state index contributed by atoms with van der Waals surface area (Å²) in [7, 11) is 2.71. The summed E-state index contributed by atoms with van der Waals surface area (Å²) in [5, 5.41) is 8.58. The summed E-state index contributed by atoms with van der Waals surface area (Å²) in [6, 6.07) is 5.40. The molecule has 2 aromatic rings. The van der Waals surface area contributed by atoms with Crippen molar-refractivity contribution in [1.29, 1.82) is 0 Å². The lowest BCUT2D eigenvalue weighted by atomic mass is 9.91. The number of hydrogen-bond acceptors (Lipinski definition) is 12. The summed E-state index contributed by atoms with van der Waals surface area (Å²) >= 11 is 3.11. The van der Waals surface area contributed by atoms with E-state index in [1.165, 1.54) is 34.3 Å². The number of Topliss-reactive ketones (excluding diaryl/α,β-unsaturated/α-hetero) is 1. The van der Waals surface area contributed by atoms with Crippen molar-refractivity contribution in [2.24, 2.45) is 0 Å². The molecule has 3 N–H and O–H groups in total. The zero-order valence-corrected chi connectivity index (χ0v) is 30.6. The van der Waals surface area contributed by atoms with Crippen LogP contribution in [0.5, 0.6) is 0 Å². The lowest BCUT2D eigenvalue weighted by Crippen LogP contribution is -2.60. The number of rotatable bonds is 21. The molecule has 4 atom stereocenters. The number of methoxy groups -OCH3 is 2. The number of alkyl halides is 1. The Morgan fingerprint density at radius 3 is 2.06 bits per heavy atom. The first kappa shape index (κ1) is 40.7. The highest BCUT2D eigenvalue weighted by Crippen LogP contribution is 2.21. The number of aryl methyl sites for hydroxylation is 1. The molecule has 264 valence electrons. The van der Waals surface area contributed by atoms with E-state index in [1.807, 2.05) is 28.7 Å². The number of ketones is 1. The van der Waals surface area contributed by atoms with Crippen LogP contribution in [0.25, 0.3) is 0 Å². The van der Waals surface area contributed by atoms with E-state index in [4.69, 9.17) is 18.9 Å². The van der Waals surface area contributed by atoms with Gasteiger partial charge >= 0.3 is 11.9 Å². The van der Waals surface area contributed by atoms with Crippen LogP contribution in [-0.2, 0) is 49.3 Å². The maximum Gasteiger partial charge on any atom is 0.306 e. The molecule has 0 saturated heterocycles. The topological polar surface area (TPSA) is 188 Å². The fraction of sp³-hybridized carbons (Fsp3) is 0.531. The molecule has 1 heterocycles. The third-order valence-electron chi connectivity index (χ3n) is 6.88. The summed E-state index contributed by atoms with van der Waals surface area (Å²) in [6.45, 7) is 4.26. The second-order valence-electron chi connectivity index (χ2n) is 11.0. The Kier molecular flexibility index (Phi) is 17.6. The van der Waals surface area contributed by atoms with Crippen molar-refractivity contribution >= 4 is 69.4 Å². The van der Waals surface area contributed by atoms with Gasteiger partial charge in [-0.05, 0) is 38.7 Å². The predicted molar refractivity (Wildman–Crippen MR) is 185 cm³/mol. The molecule has 16 heteroatoms. The predicted octanol–water partition coefficient (Wildman–Crippen LogP) is 2.09. The normalized spacial score (nSPS) is 14.0. The van der Waals surface area contributed by atoms with E-state index in [2.05, 4.69) is 20.9 Å². The number of benzene rings is 1. The van der Waals surface area contributed by atoms with E-state index in [-0.39, 0.29) is 37.1 Å². The first-order chi connectivity index (χ1) is 22.8. The molecule has 3 amide bonds. The summed E-state index contributed by atoms with van der Waals surface area (Å²) in [5.74, 6) is -3.55. The standard InChI is InChI=1S/C32H43IN4O10S/c1-20-34-16-26(48-20)31(43)37-25(18-45-5)30(42)36-24(17-44-4)29(41)35-23(15-22-11-7-6-8-12-22)28(40)32(3,19-33)47-27(39)13-9-10-14-46-21(2)38/h6-8,11-12,16,23-25H,9-10,13-15,17-19H2,1-5H3,(H,35,41)(H,36,42)(H,37,43)/t23?,24-,25-,32?/m0/s1. The molecular formula is C32H43IN4O10S. The van der Waals surface area contributed by atoms with E-state index >= 15 is 0 Å². The number of unbranched alkanes of at least 4 members (excludes halogenated alkanes) is 1. The molecule has 0 radical (unpaired) electrons. The Morgan fingerprint density at radius 1 is 0.917 bits per heavy atom. The van der Waals surface area contributed by atoms with E-state index in [9.17, 15) is 28.8 Å². The maximum absolute atomic E-state index is 14.0. The van der Waals surface area contributed by atoms with Crippen molar-refractivity contribution in [3.8, 4) is 0 Å². The van der Waals surface area contributed by atoms with Gasteiger partial charge in [-0.2, -0.15) is 0 Å². The molecule has 0 saturated carbocycles. The fourth-order valence-corrected chi connectivity index (χ4v) is 5.61. The lowest BCUT2D eigenvalue weighted by molar-refractivity contribution is -0.164. The average Bonchev–Trinajstić information content (AvgIpc) is 3.49. The summed E-state index contributed by atoms with van der Waals surface area (Å²) in [6.07, 6.45) is 2.30. The van der Waals surface area contributed by atoms with Crippen LogP contribution in [0.3, 0.4) is 0 Å². The van der Waals surface area contributed by atoms with Gasteiger partial charge in [0.15, 0.2) is 11.4 Å². The molecule has 0 fully saturated rings. The van der Waals surface area contributed by atoms with Crippen LogP contribution in [0.15, 0.2) is 36.5 Å². The van der Waals surface area contributed by atoms with Gasteiger partial charge in [0.05, 0.1) is 37.1 Å². The number of aromatic nitrogens is 1. The summed E-state index contributed by atoms with van der Waals surface area (Å²) < 4.78 is 21.0. The van der Waals surface area contributed by atoms with Gasteiger partial charge in [-0.25, -0.2) is 4.98 Å².